The monoisotopic (exact) mass is 436 g/mol. The zero-order valence-electron chi connectivity index (χ0n) is 17.3. The molecular formula is C24H24N2O4S. The quantitative estimate of drug-likeness (QED) is 0.315. The van der Waals surface area contributed by atoms with Gasteiger partial charge in [-0.05, 0) is 36.6 Å². The Kier molecular flexibility index (Phi) is 6.84. The van der Waals surface area contributed by atoms with Gasteiger partial charge in [-0.15, -0.1) is 0 Å². The topological polar surface area (TPSA) is 70.4 Å². The van der Waals surface area contributed by atoms with Gasteiger partial charge in [0.05, 0.1) is 36.2 Å². The summed E-state index contributed by atoms with van der Waals surface area (Å²) >= 11 is 1.49. The standard InChI is InChI=1S/C24H24N2O4S/c1-29-23(28)18-11-12-20-21(15-18)25-24(26(22(20)27)16-19-10-5-13-30-19)31-14-6-9-17-7-3-2-4-8-17/h2-4,6-9,11-12,15,19H,5,10,13-14,16H2,1H3/b9-6+. The lowest BCUT2D eigenvalue weighted by atomic mass is 10.1. The third kappa shape index (κ3) is 5.06. The van der Waals surface area contributed by atoms with Gasteiger partial charge in [-0.3, -0.25) is 9.36 Å². The first-order chi connectivity index (χ1) is 15.2. The Hall–Kier alpha value is -2.90. The molecule has 6 nitrogen and oxygen atoms in total. The Morgan fingerprint density at radius 1 is 1.29 bits per heavy atom. The summed E-state index contributed by atoms with van der Waals surface area (Å²) in [6, 6.07) is 14.9. The number of aromatic nitrogens is 2. The summed E-state index contributed by atoms with van der Waals surface area (Å²) in [4.78, 5) is 29.9. The van der Waals surface area contributed by atoms with Crippen LogP contribution in [0.2, 0.25) is 0 Å². The molecule has 2 heterocycles. The van der Waals surface area contributed by atoms with Crippen molar-refractivity contribution < 1.29 is 14.3 Å². The molecule has 3 aromatic rings. The van der Waals surface area contributed by atoms with Gasteiger partial charge in [0.15, 0.2) is 5.16 Å². The van der Waals surface area contributed by atoms with Crippen LogP contribution in [0, 0.1) is 0 Å². The Morgan fingerprint density at radius 3 is 2.87 bits per heavy atom. The van der Waals surface area contributed by atoms with Gasteiger partial charge in [0, 0.05) is 12.4 Å². The highest BCUT2D eigenvalue weighted by Gasteiger charge is 2.20. The fourth-order valence-corrected chi connectivity index (χ4v) is 4.40. The maximum Gasteiger partial charge on any atom is 0.337 e. The predicted molar refractivity (Wildman–Crippen MR) is 123 cm³/mol. The van der Waals surface area contributed by atoms with E-state index in [1.54, 1.807) is 22.8 Å². The minimum absolute atomic E-state index is 0.0190. The van der Waals surface area contributed by atoms with Gasteiger partial charge in [0.25, 0.3) is 5.56 Å². The molecule has 1 saturated heterocycles. The largest absolute Gasteiger partial charge is 0.465 e. The van der Waals surface area contributed by atoms with Crippen LogP contribution in [-0.4, -0.2) is 41.1 Å². The molecule has 0 spiro atoms. The first-order valence-corrected chi connectivity index (χ1v) is 11.2. The second-order valence-corrected chi connectivity index (χ2v) is 8.28. The minimum Gasteiger partial charge on any atom is -0.465 e. The van der Waals surface area contributed by atoms with E-state index in [1.807, 2.05) is 36.4 Å². The lowest BCUT2D eigenvalue weighted by Crippen LogP contribution is -2.29. The molecule has 0 N–H and O–H groups in total. The molecule has 4 rings (SSSR count). The van der Waals surface area contributed by atoms with E-state index in [0.29, 0.717) is 33.9 Å². The highest BCUT2D eigenvalue weighted by atomic mass is 32.2. The third-order valence-corrected chi connectivity index (χ3v) is 6.10. The van der Waals surface area contributed by atoms with E-state index in [2.05, 4.69) is 6.08 Å². The second kappa shape index (κ2) is 9.94. The van der Waals surface area contributed by atoms with E-state index in [4.69, 9.17) is 14.5 Å². The van der Waals surface area contributed by atoms with Crippen molar-refractivity contribution in [2.24, 2.45) is 0 Å². The number of esters is 1. The maximum atomic E-state index is 13.3. The molecule has 0 amide bonds. The minimum atomic E-state index is -0.452. The number of benzene rings is 2. The number of hydrogen-bond donors (Lipinski definition) is 0. The molecule has 2 aromatic carbocycles. The lowest BCUT2D eigenvalue weighted by Gasteiger charge is -2.16. The first-order valence-electron chi connectivity index (χ1n) is 10.2. The van der Waals surface area contributed by atoms with E-state index < -0.39 is 5.97 Å². The number of hydrogen-bond acceptors (Lipinski definition) is 6. The normalized spacial score (nSPS) is 16.2. The van der Waals surface area contributed by atoms with Gasteiger partial charge in [-0.2, -0.15) is 0 Å². The number of rotatable bonds is 7. The van der Waals surface area contributed by atoms with Gasteiger partial charge in [-0.25, -0.2) is 9.78 Å². The second-order valence-electron chi connectivity index (χ2n) is 7.29. The van der Waals surface area contributed by atoms with E-state index in [0.717, 1.165) is 25.0 Å². The van der Waals surface area contributed by atoms with Gasteiger partial charge in [-0.1, -0.05) is 54.2 Å². The maximum absolute atomic E-state index is 13.3. The SMILES string of the molecule is COC(=O)c1ccc2c(=O)n(CC3CCCO3)c(SC/C=C/c3ccccc3)nc2c1. The van der Waals surface area contributed by atoms with Crippen LogP contribution >= 0.6 is 11.8 Å². The summed E-state index contributed by atoms with van der Waals surface area (Å²) in [7, 11) is 1.33. The van der Waals surface area contributed by atoms with Crippen molar-refractivity contribution in [1.82, 2.24) is 9.55 Å². The molecular weight excluding hydrogens is 412 g/mol. The summed E-state index contributed by atoms with van der Waals surface area (Å²) in [6.07, 6.45) is 6.06. The number of ether oxygens (including phenoxy) is 2. The van der Waals surface area contributed by atoms with Crippen LogP contribution in [0.3, 0.4) is 0 Å². The number of nitrogens with zero attached hydrogens (tertiary/aromatic N) is 2. The smallest absolute Gasteiger partial charge is 0.337 e. The summed E-state index contributed by atoms with van der Waals surface area (Å²) in [6.45, 7) is 1.20. The summed E-state index contributed by atoms with van der Waals surface area (Å²) in [5.41, 5.74) is 1.87. The molecule has 1 atom stereocenters. The number of methoxy groups -OCH3 is 1. The van der Waals surface area contributed by atoms with E-state index in [1.165, 1.54) is 18.9 Å². The van der Waals surface area contributed by atoms with Crippen molar-refractivity contribution in [3.63, 3.8) is 0 Å². The molecule has 0 aliphatic carbocycles. The number of carbonyl (C=O) groups excluding carboxylic acids is 1. The average Bonchev–Trinajstić information content (AvgIpc) is 3.32. The zero-order valence-corrected chi connectivity index (χ0v) is 18.1. The Morgan fingerprint density at radius 2 is 2.13 bits per heavy atom. The molecule has 1 aliphatic rings. The number of fused-ring (bicyclic) bond motifs is 1. The molecule has 7 heteroatoms. The molecule has 0 bridgehead atoms. The molecule has 160 valence electrons. The molecule has 0 radical (unpaired) electrons. The Labute approximate surface area is 184 Å². The number of carbonyl (C=O) groups is 1. The van der Waals surface area contributed by atoms with Crippen LogP contribution in [0.5, 0.6) is 0 Å². The highest BCUT2D eigenvalue weighted by Crippen LogP contribution is 2.22. The van der Waals surface area contributed by atoms with Crippen LogP contribution < -0.4 is 5.56 Å². The van der Waals surface area contributed by atoms with Crippen LogP contribution in [-0.2, 0) is 16.0 Å². The van der Waals surface area contributed by atoms with Crippen molar-refractivity contribution in [2.75, 3.05) is 19.5 Å². The first kappa shape index (κ1) is 21.3. The predicted octanol–water partition coefficient (Wildman–Crippen LogP) is 4.17. The van der Waals surface area contributed by atoms with Crippen molar-refractivity contribution in [3.8, 4) is 0 Å². The summed E-state index contributed by atoms with van der Waals surface area (Å²) in [5, 5.41) is 1.10. The van der Waals surface area contributed by atoms with Crippen LogP contribution in [0.25, 0.3) is 17.0 Å². The van der Waals surface area contributed by atoms with E-state index >= 15 is 0 Å². The van der Waals surface area contributed by atoms with Crippen molar-refractivity contribution in [1.29, 1.82) is 0 Å². The fraction of sp³-hybridized carbons (Fsp3) is 0.292. The average molecular weight is 437 g/mol. The Balaban J connectivity index is 1.65. The van der Waals surface area contributed by atoms with Crippen molar-refractivity contribution >= 4 is 34.7 Å². The molecule has 1 aromatic heterocycles. The molecule has 1 aliphatic heterocycles. The van der Waals surface area contributed by atoms with E-state index in [9.17, 15) is 9.59 Å². The van der Waals surface area contributed by atoms with Gasteiger partial charge >= 0.3 is 5.97 Å². The Bertz CT molecular complexity index is 1150. The molecule has 1 fully saturated rings. The van der Waals surface area contributed by atoms with Crippen LogP contribution in [0.15, 0.2) is 64.6 Å². The van der Waals surface area contributed by atoms with E-state index in [-0.39, 0.29) is 11.7 Å². The summed E-state index contributed by atoms with van der Waals surface area (Å²) in [5.74, 6) is 0.210. The zero-order chi connectivity index (χ0) is 21.6. The third-order valence-electron chi connectivity index (χ3n) is 5.17. The van der Waals surface area contributed by atoms with Crippen molar-refractivity contribution in [2.45, 2.75) is 30.6 Å². The highest BCUT2D eigenvalue weighted by molar-refractivity contribution is 7.99. The van der Waals surface area contributed by atoms with Crippen LogP contribution in [0.1, 0.15) is 28.8 Å². The molecule has 0 saturated carbocycles. The van der Waals surface area contributed by atoms with Crippen LogP contribution in [0.4, 0.5) is 0 Å². The van der Waals surface area contributed by atoms with Gasteiger partial charge in [0.1, 0.15) is 0 Å². The lowest BCUT2D eigenvalue weighted by molar-refractivity contribution is 0.0601. The van der Waals surface area contributed by atoms with Gasteiger partial charge in [0.2, 0.25) is 0 Å². The van der Waals surface area contributed by atoms with Crippen molar-refractivity contribution in [3.05, 3.63) is 76.1 Å². The fourth-order valence-electron chi connectivity index (χ4n) is 3.58. The molecule has 1 unspecified atom stereocenters. The molecule has 31 heavy (non-hydrogen) atoms. The summed E-state index contributed by atoms with van der Waals surface area (Å²) < 4.78 is 12.3. The number of thioether (sulfide) groups is 1. The van der Waals surface area contributed by atoms with Gasteiger partial charge < -0.3 is 9.47 Å².